The highest BCUT2D eigenvalue weighted by atomic mass is 32.2. The van der Waals surface area contributed by atoms with Gasteiger partial charge >= 0.3 is 0 Å². The number of rotatable bonds is 3. The lowest BCUT2D eigenvalue weighted by atomic mass is 10.1. The molecule has 2 amide bonds. The smallest absolute Gasteiger partial charge is 0.271 e. The van der Waals surface area contributed by atoms with E-state index in [9.17, 15) is 18.0 Å². The van der Waals surface area contributed by atoms with E-state index in [1.807, 2.05) is 6.07 Å². The molecule has 1 N–H and O–H groups in total. The molecule has 2 aliphatic heterocycles. The second-order valence-corrected chi connectivity index (χ2v) is 7.89. The number of anilines is 1. The van der Waals surface area contributed by atoms with Gasteiger partial charge in [-0.2, -0.15) is 5.10 Å². The maximum atomic E-state index is 12.3. The fourth-order valence-corrected chi connectivity index (χ4v) is 4.40. The Morgan fingerprint density at radius 3 is 2.61 bits per heavy atom. The number of amides is 2. The standard InChI is InChI=1S/C15H17N3O4S/c19-14-7-6-13(15(20)16-11-4-2-1-3-5-11)17-18(14)12-8-9-23(21,22)10-12/h1-5,12H,6-10H2,(H,16,20)/t12-/m0/s1. The van der Waals surface area contributed by atoms with E-state index < -0.39 is 15.9 Å². The van der Waals surface area contributed by atoms with Crippen LogP contribution in [-0.2, 0) is 19.4 Å². The SMILES string of the molecule is O=C(Nc1ccccc1)C1=NN([C@H]2CCS(=O)(=O)C2)C(=O)CC1. The number of para-hydroxylation sites is 1. The Balaban J connectivity index is 1.76. The van der Waals surface area contributed by atoms with Crippen LogP contribution in [0.2, 0.25) is 0 Å². The van der Waals surface area contributed by atoms with Crippen molar-refractivity contribution in [2.45, 2.75) is 25.3 Å². The number of carbonyl (C=O) groups is 2. The molecule has 0 radical (unpaired) electrons. The number of nitrogens with one attached hydrogen (secondary N) is 1. The van der Waals surface area contributed by atoms with Crippen molar-refractivity contribution in [1.82, 2.24) is 5.01 Å². The normalized spacial score (nSPS) is 23.5. The minimum atomic E-state index is -3.12. The lowest BCUT2D eigenvalue weighted by molar-refractivity contribution is -0.133. The molecule has 1 atom stereocenters. The van der Waals surface area contributed by atoms with Crippen molar-refractivity contribution in [3.05, 3.63) is 30.3 Å². The molecule has 0 aromatic heterocycles. The molecule has 0 unspecified atom stereocenters. The van der Waals surface area contributed by atoms with Crippen molar-refractivity contribution in [2.24, 2.45) is 5.10 Å². The fourth-order valence-electron chi connectivity index (χ4n) is 2.71. The summed E-state index contributed by atoms with van der Waals surface area (Å²) in [7, 11) is -3.12. The van der Waals surface area contributed by atoms with Gasteiger partial charge in [-0.25, -0.2) is 13.4 Å². The van der Waals surface area contributed by atoms with Gasteiger partial charge in [-0.1, -0.05) is 18.2 Å². The second kappa shape index (κ2) is 6.11. The van der Waals surface area contributed by atoms with Gasteiger partial charge in [-0.15, -0.1) is 0 Å². The van der Waals surface area contributed by atoms with Crippen LogP contribution in [0.5, 0.6) is 0 Å². The van der Waals surface area contributed by atoms with E-state index in [1.165, 1.54) is 5.01 Å². The van der Waals surface area contributed by atoms with Gasteiger partial charge in [-0.3, -0.25) is 9.59 Å². The van der Waals surface area contributed by atoms with Gasteiger partial charge in [0.25, 0.3) is 5.91 Å². The minimum absolute atomic E-state index is 0.0580. The zero-order valence-corrected chi connectivity index (χ0v) is 13.3. The maximum Gasteiger partial charge on any atom is 0.271 e. The highest BCUT2D eigenvalue weighted by Gasteiger charge is 2.37. The molecule has 0 aliphatic carbocycles. The Bertz CT molecular complexity index is 758. The summed E-state index contributed by atoms with van der Waals surface area (Å²) in [5.41, 5.74) is 0.893. The lowest BCUT2D eigenvalue weighted by Crippen LogP contribution is -2.42. The Morgan fingerprint density at radius 2 is 1.96 bits per heavy atom. The molecule has 0 spiro atoms. The zero-order chi connectivity index (χ0) is 16.4. The van der Waals surface area contributed by atoms with Gasteiger partial charge in [0.05, 0.1) is 17.5 Å². The van der Waals surface area contributed by atoms with Crippen molar-refractivity contribution >= 4 is 33.1 Å². The van der Waals surface area contributed by atoms with Crippen LogP contribution >= 0.6 is 0 Å². The molecule has 1 aromatic carbocycles. The average molecular weight is 335 g/mol. The molecule has 2 heterocycles. The minimum Gasteiger partial charge on any atom is -0.321 e. The van der Waals surface area contributed by atoms with E-state index in [-0.39, 0.29) is 41.9 Å². The summed E-state index contributed by atoms with van der Waals surface area (Å²) in [6.07, 6.45) is 0.788. The average Bonchev–Trinajstić information content (AvgIpc) is 2.88. The van der Waals surface area contributed by atoms with E-state index in [0.717, 1.165) is 0 Å². The van der Waals surface area contributed by atoms with E-state index in [0.29, 0.717) is 12.1 Å². The molecule has 8 heteroatoms. The topological polar surface area (TPSA) is 95.9 Å². The first-order chi connectivity index (χ1) is 10.9. The van der Waals surface area contributed by atoms with Crippen LogP contribution in [0.1, 0.15) is 19.3 Å². The summed E-state index contributed by atoms with van der Waals surface area (Å²) in [4.78, 5) is 24.3. The van der Waals surface area contributed by atoms with E-state index in [4.69, 9.17) is 0 Å². The summed E-state index contributed by atoms with van der Waals surface area (Å²) in [5, 5.41) is 8.05. The largest absolute Gasteiger partial charge is 0.321 e. The summed E-state index contributed by atoms with van der Waals surface area (Å²) in [5.74, 6) is -0.629. The molecule has 1 aromatic rings. The van der Waals surface area contributed by atoms with E-state index >= 15 is 0 Å². The monoisotopic (exact) mass is 335 g/mol. The van der Waals surface area contributed by atoms with Crippen LogP contribution in [0.3, 0.4) is 0 Å². The molecule has 2 aliphatic rings. The fraction of sp³-hybridized carbons (Fsp3) is 0.400. The van der Waals surface area contributed by atoms with E-state index in [1.54, 1.807) is 24.3 Å². The first kappa shape index (κ1) is 15.7. The number of hydrogen-bond donors (Lipinski definition) is 1. The Morgan fingerprint density at radius 1 is 1.22 bits per heavy atom. The van der Waals surface area contributed by atoms with Crippen molar-refractivity contribution in [3.63, 3.8) is 0 Å². The lowest BCUT2D eigenvalue weighted by Gasteiger charge is -2.27. The second-order valence-electron chi connectivity index (χ2n) is 5.66. The quantitative estimate of drug-likeness (QED) is 0.883. The van der Waals surface area contributed by atoms with Gasteiger partial charge < -0.3 is 5.32 Å². The predicted octanol–water partition coefficient (Wildman–Crippen LogP) is 0.791. The van der Waals surface area contributed by atoms with Crippen molar-refractivity contribution in [2.75, 3.05) is 16.8 Å². The Labute approximate surface area is 134 Å². The molecule has 1 fully saturated rings. The van der Waals surface area contributed by atoms with Crippen LogP contribution < -0.4 is 5.32 Å². The van der Waals surface area contributed by atoms with Crippen molar-refractivity contribution < 1.29 is 18.0 Å². The molecular formula is C15H17N3O4S. The summed E-state index contributed by atoms with van der Waals surface area (Å²) >= 11 is 0. The Kier molecular flexibility index (Phi) is 4.16. The summed E-state index contributed by atoms with van der Waals surface area (Å²) in [6, 6.07) is 8.50. The number of benzene rings is 1. The van der Waals surface area contributed by atoms with Crippen LogP contribution in [-0.4, -0.2) is 48.5 Å². The number of hydrazone groups is 1. The van der Waals surface area contributed by atoms with E-state index in [2.05, 4.69) is 10.4 Å². The van der Waals surface area contributed by atoms with Gasteiger partial charge in [0, 0.05) is 18.5 Å². The van der Waals surface area contributed by atoms with Crippen molar-refractivity contribution in [3.8, 4) is 0 Å². The number of nitrogens with zero attached hydrogens (tertiary/aromatic N) is 2. The molecule has 0 saturated carbocycles. The predicted molar refractivity (Wildman–Crippen MR) is 85.6 cm³/mol. The molecular weight excluding hydrogens is 318 g/mol. The summed E-state index contributed by atoms with van der Waals surface area (Å²) in [6.45, 7) is 0. The molecule has 1 saturated heterocycles. The van der Waals surface area contributed by atoms with Crippen LogP contribution in [0.4, 0.5) is 5.69 Å². The van der Waals surface area contributed by atoms with Gasteiger partial charge in [-0.05, 0) is 18.6 Å². The van der Waals surface area contributed by atoms with Crippen LogP contribution in [0, 0.1) is 0 Å². The third-order valence-corrected chi connectivity index (χ3v) is 5.66. The third kappa shape index (κ3) is 3.58. The Hall–Kier alpha value is -2.22. The number of sulfone groups is 1. The zero-order valence-electron chi connectivity index (χ0n) is 12.4. The molecule has 7 nitrogen and oxygen atoms in total. The van der Waals surface area contributed by atoms with Gasteiger partial charge in [0.2, 0.25) is 5.91 Å². The number of hydrogen-bond acceptors (Lipinski definition) is 5. The van der Waals surface area contributed by atoms with Crippen LogP contribution in [0.25, 0.3) is 0 Å². The first-order valence-electron chi connectivity index (χ1n) is 7.41. The molecule has 0 bridgehead atoms. The first-order valence-corrected chi connectivity index (χ1v) is 9.23. The maximum absolute atomic E-state index is 12.3. The highest BCUT2D eigenvalue weighted by molar-refractivity contribution is 7.91. The molecule has 23 heavy (non-hydrogen) atoms. The molecule has 3 rings (SSSR count). The van der Waals surface area contributed by atoms with Gasteiger partial charge in [0.1, 0.15) is 5.71 Å². The van der Waals surface area contributed by atoms with Crippen LogP contribution in [0.15, 0.2) is 35.4 Å². The third-order valence-electron chi connectivity index (χ3n) is 3.91. The van der Waals surface area contributed by atoms with Crippen molar-refractivity contribution in [1.29, 1.82) is 0 Å². The number of carbonyl (C=O) groups excluding carboxylic acids is 2. The van der Waals surface area contributed by atoms with Gasteiger partial charge in [0.15, 0.2) is 9.84 Å². The molecule has 122 valence electrons. The highest BCUT2D eigenvalue weighted by Crippen LogP contribution is 2.22. The summed E-state index contributed by atoms with van der Waals surface area (Å²) < 4.78 is 23.2.